The van der Waals surface area contributed by atoms with E-state index in [-0.39, 0.29) is 11.9 Å². The normalized spacial score (nSPS) is 11.6. The average Bonchev–Trinajstić information content (AvgIpc) is 2.48. The molecule has 0 fully saturated rings. The largest absolute Gasteiger partial charge is 0.346 e. The molecule has 1 atom stereocenters. The van der Waals surface area contributed by atoms with Crippen molar-refractivity contribution in [2.45, 2.75) is 13.0 Å². The van der Waals surface area contributed by atoms with Gasteiger partial charge in [-0.15, -0.1) is 0 Å². The second-order valence-corrected chi connectivity index (χ2v) is 4.39. The van der Waals surface area contributed by atoms with Gasteiger partial charge in [0.05, 0.1) is 6.04 Å². The highest BCUT2D eigenvalue weighted by Gasteiger charge is 2.12. The highest BCUT2D eigenvalue weighted by molar-refractivity contribution is 5.87. The molecule has 0 aliphatic rings. The third kappa shape index (κ3) is 3.10. The van der Waals surface area contributed by atoms with Gasteiger partial charge in [-0.05, 0) is 29.7 Å². The summed E-state index contributed by atoms with van der Waals surface area (Å²) in [5.74, 6) is -0.157. The number of carbonyl (C=O) groups excluding carboxylic acids is 1. The molecule has 0 bridgehead atoms. The van der Waals surface area contributed by atoms with Crippen LogP contribution in [0.1, 0.15) is 18.5 Å². The fraction of sp³-hybridized carbons (Fsp3) is 0.118. The smallest absolute Gasteiger partial charge is 0.243 e. The number of amides is 1. The van der Waals surface area contributed by atoms with Crippen molar-refractivity contribution in [3.05, 3.63) is 72.8 Å². The lowest BCUT2D eigenvalue weighted by Crippen LogP contribution is -2.24. The van der Waals surface area contributed by atoms with Crippen LogP contribution in [-0.2, 0) is 4.79 Å². The second kappa shape index (κ2) is 6.01. The minimum atomic E-state index is -0.157. The number of hydrogen-bond acceptors (Lipinski definition) is 1. The van der Waals surface area contributed by atoms with Crippen LogP contribution in [0.3, 0.4) is 0 Å². The summed E-state index contributed by atoms with van der Waals surface area (Å²) < 4.78 is 0. The lowest BCUT2D eigenvalue weighted by Gasteiger charge is -2.17. The van der Waals surface area contributed by atoms with E-state index >= 15 is 0 Å². The van der Waals surface area contributed by atoms with Gasteiger partial charge in [0, 0.05) is 0 Å². The lowest BCUT2D eigenvalue weighted by molar-refractivity contribution is -0.117. The lowest BCUT2D eigenvalue weighted by atomic mass is 9.95. The Morgan fingerprint density at radius 1 is 1.11 bits per heavy atom. The van der Waals surface area contributed by atoms with Crippen molar-refractivity contribution in [3.63, 3.8) is 0 Å². The first-order chi connectivity index (χ1) is 9.22. The molecule has 0 aliphatic heterocycles. The van der Waals surface area contributed by atoms with E-state index in [2.05, 4.69) is 30.1 Å². The predicted octanol–water partition coefficient (Wildman–Crippen LogP) is 3.72. The van der Waals surface area contributed by atoms with Crippen molar-refractivity contribution >= 4 is 5.91 Å². The van der Waals surface area contributed by atoms with E-state index in [9.17, 15) is 4.79 Å². The number of carbonyl (C=O) groups is 1. The number of rotatable bonds is 4. The molecule has 0 heterocycles. The molecule has 1 amide bonds. The molecule has 2 nitrogen and oxygen atoms in total. The molecule has 0 aliphatic carbocycles. The first-order valence-corrected chi connectivity index (χ1v) is 6.29. The van der Waals surface area contributed by atoms with Gasteiger partial charge >= 0.3 is 0 Å². The first kappa shape index (κ1) is 13.1. The highest BCUT2D eigenvalue weighted by atomic mass is 16.1. The summed E-state index contributed by atoms with van der Waals surface area (Å²) in [5, 5.41) is 2.90. The van der Waals surface area contributed by atoms with Gasteiger partial charge in [0.2, 0.25) is 5.91 Å². The van der Waals surface area contributed by atoms with E-state index in [1.165, 1.54) is 6.08 Å². The van der Waals surface area contributed by atoms with E-state index in [0.29, 0.717) is 0 Å². The third-order valence-corrected chi connectivity index (χ3v) is 3.06. The SMILES string of the molecule is C=CC(=O)NC(C)c1ccccc1-c1ccccc1. The molecule has 96 valence electrons. The van der Waals surface area contributed by atoms with Gasteiger partial charge in [0.25, 0.3) is 0 Å². The molecule has 19 heavy (non-hydrogen) atoms. The van der Waals surface area contributed by atoms with E-state index in [1.54, 1.807) is 0 Å². The summed E-state index contributed by atoms with van der Waals surface area (Å²) in [6.45, 7) is 5.45. The number of benzene rings is 2. The minimum Gasteiger partial charge on any atom is -0.346 e. The Balaban J connectivity index is 2.36. The zero-order chi connectivity index (χ0) is 13.7. The van der Waals surface area contributed by atoms with Crippen LogP contribution in [0, 0.1) is 0 Å². The molecule has 2 aromatic rings. The van der Waals surface area contributed by atoms with Crippen LogP contribution in [0.4, 0.5) is 0 Å². The Labute approximate surface area is 113 Å². The van der Waals surface area contributed by atoms with Gasteiger partial charge in [-0.1, -0.05) is 61.2 Å². The molecule has 0 spiro atoms. The van der Waals surface area contributed by atoms with E-state index in [1.807, 2.05) is 43.3 Å². The Morgan fingerprint density at radius 2 is 1.74 bits per heavy atom. The van der Waals surface area contributed by atoms with Crippen molar-refractivity contribution in [3.8, 4) is 11.1 Å². The molecule has 0 aromatic heterocycles. The quantitative estimate of drug-likeness (QED) is 0.824. The highest BCUT2D eigenvalue weighted by Crippen LogP contribution is 2.27. The Kier molecular flexibility index (Phi) is 4.14. The maximum atomic E-state index is 11.4. The van der Waals surface area contributed by atoms with Crippen LogP contribution >= 0.6 is 0 Å². The van der Waals surface area contributed by atoms with Crippen molar-refractivity contribution in [2.75, 3.05) is 0 Å². The fourth-order valence-corrected chi connectivity index (χ4v) is 2.11. The molecule has 2 aromatic carbocycles. The van der Waals surface area contributed by atoms with Crippen LogP contribution in [0.25, 0.3) is 11.1 Å². The molecule has 1 unspecified atom stereocenters. The maximum Gasteiger partial charge on any atom is 0.243 e. The standard InChI is InChI=1S/C17H17NO/c1-3-17(19)18-13(2)15-11-7-8-12-16(15)14-9-5-4-6-10-14/h3-13H,1H2,2H3,(H,18,19). The molecule has 2 rings (SSSR count). The van der Waals surface area contributed by atoms with Crippen LogP contribution in [0.2, 0.25) is 0 Å². The molecular weight excluding hydrogens is 234 g/mol. The Morgan fingerprint density at radius 3 is 2.42 bits per heavy atom. The third-order valence-electron chi connectivity index (χ3n) is 3.06. The zero-order valence-electron chi connectivity index (χ0n) is 11.0. The van der Waals surface area contributed by atoms with Gasteiger partial charge in [-0.2, -0.15) is 0 Å². The fourth-order valence-electron chi connectivity index (χ4n) is 2.11. The number of hydrogen-bond donors (Lipinski definition) is 1. The summed E-state index contributed by atoms with van der Waals surface area (Å²) in [7, 11) is 0. The van der Waals surface area contributed by atoms with Gasteiger partial charge in [0.1, 0.15) is 0 Å². The zero-order valence-corrected chi connectivity index (χ0v) is 11.0. The molecular formula is C17H17NO. The number of nitrogens with one attached hydrogen (secondary N) is 1. The monoisotopic (exact) mass is 251 g/mol. The van der Waals surface area contributed by atoms with Gasteiger partial charge < -0.3 is 5.32 Å². The first-order valence-electron chi connectivity index (χ1n) is 6.29. The molecule has 0 saturated heterocycles. The second-order valence-electron chi connectivity index (χ2n) is 4.39. The van der Waals surface area contributed by atoms with Crippen LogP contribution in [-0.4, -0.2) is 5.91 Å². The maximum absolute atomic E-state index is 11.4. The Hall–Kier alpha value is -2.35. The van der Waals surface area contributed by atoms with Crippen LogP contribution in [0.5, 0.6) is 0 Å². The van der Waals surface area contributed by atoms with Crippen molar-refractivity contribution in [2.24, 2.45) is 0 Å². The van der Waals surface area contributed by atoms with Crippen LogP contribution in [0.15, 0.2) is 67.3 Å². The summed E-state index contributed by atoms with van der Waals surface area (Å²) in [5.41, 5.74) is 3.39. The summed E-state index contributed by atoms with van der Waals surface area (Å²) in [6, 6.07) is 18.2. The van der Waals surface area contributed by atoms with E-state index in [0.717, 1.165) is 16.7 Å². The average molecular weight is 251 g/mol. The van der Waals surface area contributed by atoms with E-state index in [4.69, 9.17) is 0 Å². The minimum absolute atomic E-state index is 0.0538. The van der Waals surface area contributed by atoms with Crippen LogP contribution < -0.4 is 5.32 Å². The van der Waals surface area contributed by atoms with Gasteiger partial charge in [0.15, 0.2) is 0 Å². The van der Waals surface area contributed by atoms with E-state index < -0.39 is 0 Å². The molecule has 2 heteroatoms. The topological polar surface area (TPSA) is 29.1 Å². The summed E-state index contributed by atoms with van der Waals surface area (Å²) in [6.07, 6.45) is 1.29. The van der Waals surface area contributed by atoms with Crippen molar-refractivity contribution in [1.82, 2.24) is 5.32 Å². The van der Waals surface area contributed by atoms with Gasteiger partial charge in [-0.3, -0.25) is 4.79 Å². The van der Waals surface area contributed by atoms with Crippen molar-refractivity contribution < 1.29 is 4.79 Å². The molecule has 0 radical (unpaired) electrons. The molecule has 1 N–H and O–H groups in total. The molecule has 0 saturated carbocycles. The van der Waals surface area contributed by atoms with Gasteiger partial charge in [-0.25, -0.2) is 0 Å². The predicted molar refractivity (Wildman–Crippen MR) is 78.6 cm³/mol. The summed E-state index contributed by atoms with van der Waals surface area (Å²) in [4.78, 5) is 11.4. The Bertz CT molecular complexity index is 575. The van der Waals surface area contributed by atoms with Crippen molar-refractivity contribution in [1.29, 1.82) is 0 Å². The summed E-state index contributed by atoms with van der Waals surface area (Å²) >= 11 is 0.